The highest BCUT2D eigenvalue weighted by Crippen LogP contribution is 2.41. The molecule has 1 atom stereocenters. The zero-order chi connectivity index (χ0) is 21.8. The molecule has 0 aromatic heterocycles. The summed E-state index contributed by atoms with van der Waals surface area (Å²) in [5.41, 5.74) is 3.85. The first-order valence-electron chi connectivity index (χ1n) is 11.2. The third-order valence-electron chi connectivity index (χ3n) is 6.17. The van der Waals surface area contributed by atoms with Gasteiger partial charge in [-0.1, -0.05) is 36.4 Å². The molecule has 4 rings (SSSR count). The van der Waals surface area contributed by atoms with Crippen LogP contribution in [0.25, 0.3) is 0 Å². The molecule has 6 nitrogen and oxygen atoms in total. The zero-order valence-electron chi connectivity index (χ0n) is 18.7. The number of benzene rings is 2. The number of carbonyl (C=O) groups is 2. The van der Waals surface area contributed by atoms with Crippen molar-refractivity contribution in [1.29, 1.82) is 0 Å². The number of ether oxygens (including phenoxy) is 1. The molecule has 32 heavy (non-hydrogen) atoms. The lowest BCUT2D eigenvalue weighted by molar-refractivity contribution is -0.147. The molecular formula is C25H32ClN3O3. The Labute approximate surface area is 196 Å². The molecule has 2 aromatic rings. The molecule has 2 aromatic carbocycles. The Balaban J connectivity index is 0.00000289. The van der Waals surface area contributed by atoms with Crippen molar-refractivity contribution in [3.8, 4) is 0 Å². The van der Waals surface area contributed by atoms with E-state index in [0.717, 1.165) is 37.2 Å². The second kappa shape index (κ2) is 10.4. The van der Waals surface area contributed by atoms with E-state index in [1.165, 1.54) is 11.1 Å². The first-order chi connectivity index (χ1) is 15.0. The maximum atomic E-state index is 13.1. The number of amides is 2. The summed E-state index contributed by atoms with van der Waals surface area (Å²) in [6, 6.07) is 16.2. The highest BCUT2D eigenvalue weighted by Gasteiger charge is 2.47. The van der Waals surface area contributed by atoms with E-state index in [1.807, 2.05) is 55.1 Å². The molecule has 0 radical (unpaired) electrons. The van der Waals surface area contributed by atoms with Crippen LogP contribution in [0.3, 0.4) is 0 Å². The van der Waals surface area contributed by atoms with Gasteiger partial charge in [0, 0.05) is 18.7 Å². The van der Waals surface area contributed by atoms with E-state index < -0.39 is 5.54 Å². The highest BCUT2D eigenvalue weighted by atomic mass is 35.5. The van der Waals surface area contributed by atoms with Crippen molar-refractivity contribution in [3.63, 3.8) is 0 Å². The molecule has 1 unspecified atom stereocenters. The first kappa shape index (κ1) is 24.1. The van der Waals surface area contributed by atoms with Crippen molar-refractivity contribution in [2.75, 3.05) is 24.5 Å². The van der Waals surface area contributed by atoms with Gasteiger partial charge in [0.1, 0.15) is 0 Å². The van der Waals surface area contributed by atoms with Crippen LogP contribution in [0.2, 0.25) is 0 Å². The van der Waals surface area contributed by atoms with Crippen LogP contribution in [0, 0.1) is 0 Å². The van der Waals surface area contributed by atoms with E-state index in [-0.39, 0.29) is 36.9 Å². The van der Waals surface area contributed by atoms with Gasteiger partial charge in [0.25, 0.3) is 0 Å². The normalized spacial score (nSPS) is 20.2. The van der Waals surface area contributed by atoms with Gasteiger partial charge in [-0.25, -0.2) is 4.79 Å². The fourth-order valence-corrected chi connectivity index (χ4v) is 4.69. The smallest absolute Gasteiger partial charge is 0.322 e. The molecule has 0 spiro atoms. The van der Waals surface area contributed by atoms with Gasteiger partial charge in [-0.05, 0) is 75.0 Å². The second-order valence-corrected chi connectivity index (χ2v) is 8.63. The number of fused-ring (bicyclic) bond motifs is 1. The topological polar surface area (TPSA) is 70.7 Å². The van der Waals surface area contributed by atoms with E-state index in [9.17, 15) is 9.59 Å². The summed E-state index contributed by atoms with van der Waals surface area (Å²) in [4.78, 5) is 27.3. The van der Waals surface area contributed by atoms with Gasteiger partial charge in [-0.3, -0.25) is 9.69 Å². The Hall–Kier alpha value is -2.57. The third kappa shape index (κ3) is 4.92. The van der Waals surface area contributed by atoms with Crippen molar-refractivity contribution in [1.82, 2.24) is 10.6 Å². The molecule has 7 heteroatoms. The standard InChI is InChI=1S/C25H31N3O3.ClH/c1-18(2)31-23(29)10-13-25(21-6-4-3-5-7-21)17-27-24(30)28(25)22-9-8-19-11-14-26-15-12-20(19)16-22;/h3-9,16,18,26H,10-15,17H2,1-2H3,(H,27,30);1H. The van der Waals surface area contributed by atoms with Crippen molar-refractivity contribution in [2.24, 2.45) is 0 Å². The van der Waals surface area contributed by atoms with Gasteiger partial charge in [-0.15, -0.1) is 12.4 Å². The maximum absolute atomic E-state index is 13.1. The van der Waals surface area contributed by atoms with Crippen molar-refractivity contribution < 1.29 is 14.3 Å². The van der Waals surface area contributed by atoms with Crippen LogP contribution in [0.5, 0.6) is 0 Å². The van der Waals surface area contributed by atoms with Gasteiger partial charge in [0.15, 0.2) is 0 Å². The largest absolute Gasteiger partial charge is 0.463 e. The molecule has 1 saturated heterocycles. The number of hydrogen-bond donors (Lipinski definition) is 2. The average molecular weight is 458 g/mol. The molecule has 2 N–H and O–H groups in total. The van der Waals surface area contributed by atoms with E-state index in [2.05, 4.69) is 22.8 Å². The molecule has 2 aliphatic rings. The predicted octanol–water partition coefficient (Wildman–Crippen LogP) is 3.95. The summed E-state index contributed by atoms with van der Waals surface area (Å²) < 4.78 is 5.38. The number of esters is 1. The van der Waals surface area contributed by atoms with E-state index in [4.69, 9.17) is 4.74 Å². The number of hydrogen-bond acceptors (Lipinski definition) is 4. The molecule has 0 bridgehead atoms. The summed E-state index contributed by atoms with van der Waals surface area (Å²) in [5.74, 6) is -0.238. The Bertz CT molecular complexity index is 951. The quantitative estimate of drug-likeness (QED) is 0.644. The van der Waals surface area contributed by atoms with Crippen molar-refractivity contribution in [2.45, 2.75) is 51.2 Å². The Kier molecular flexibility index (Phi) is 7.80. The van der Waals surface area contributed by atoms with E-state index in [0.29, 0.717) is 13.0 Å². The molecule has 0 aliphatic carbocycles. The fraction of sp³-hybridized carbons (Fsp3) is 0.440. The second-order valence-electron chi connectivity index (χ2n) is 8.63. The lowest BCUT2D eigenvalue weighted by atomic mass is 9.84. The molecule has 2 amide bonds. The molecule has 2 aliphatic heterocycles. The number of carbonyl (C=O) groups excluding carboxylic acids is 2. The fourth-order valence-electron chi connectivity index (χ4n) is 4.69. The lowest BCUT2D eigenvalue weighted by Gasteiger charge is -2.38. The third-order valence-corrected chi connectivity index (χ3v) is 6.17. The van der Waals surface area contributed by atoms with Gasteiger partial charge in [-0.2, -0.15) is 0 Å². The SMILES string of the molecule is CC(C)OC(=O)CCC1(c2ccccc2)CNC(=O)N1c1ccc2c(c1)CCNCC2.Cl. The molecule has 2 heterocycles. The minimum Gasteiger partial charge on any atom is -0.463 e. The minimum absolute atomic E-state index is 0. The Morgan fingerprint density at radius 1 is 1.09 bits per heavy atom. The first-order valence-corrected chi connectivity index (χ1v) is 11.2. The number of halogens is 1. The highest BCUT2D eigenvalue weighted by molar-refractivity contribution is 5.96. The number of nitrogens with zero attached hydrogens (tertiary/aromatic N) is 1. The van der Waals surface area contributed by atoms with Crippen LogP contribution < -0.4 is 15.5 Å². The zero-order valence-corrected chi connectivity index (χ0v) is 19.5. The Morgan fingerprint density at radius 3 is 2.53 bits per heavy atom. The van der Waals surface area contributed by atoms with E-state index >= 15 is 0 Å². The minimum atomic E-state index is -0.647. The Morgan fingerprint density at radius 2 is 1.81 bits per heavy atom. The van der Waals surface area contributed by atoms with Gasteiger partial charge in [0.2, 0.25) is 0 Å². The molecule has 1 fully saturated rings. The number of nitrogens with one attached hydrogen (secondary N) is 2. The van der Waals surface area contributed by atoms with Crippen LogP contribution >= 0.6 is 12.4 Å². The van der Waals surface area contributed by atoms with Crippen LogP contribution in [0.15, 0.2) is 48.5 Å². The monoisotopic (exact) mass is 457 g/mol. The number of urea groups is 1. The summed E-state index contributed by atoms with van der Waals surface area (Å²) in [6.45, 7) is 6.06. The maximum Gasteiger partial charge on any atom is 0.322 e. The molecular weight excluding hydrogens is 426 g/mol. The number of rotatable bonds is 6. The summed E-state index contributed by atoms with van der Waals surface area (Å²) in [7, 11) is 0. The van der Waals surface area contributed by atoms with Gasteiger partial charge in [0.05, 0.1) is 11.6 Å². The van der Waals surface area contributed by atoms with Gasteiger partial charge < -0.3 is 15.4 Å². The van der Waals surface area contributed by atoms with Crippen molar-refractivity contribution in [3.05, 3.63) is 65.2 Å². The summed E-state index contributed by atoms with van der Waals surface area (Å²) >= 11 is 0. The number of anilines is 1. The van der Waals surface area contributed by atoms with Gasteiger partial charge >= 0.3 is 12.0 Å². The lowest BCUT2D eigenvalue weighted by Crippen LogP contribution is -2.45. The van der Waals surface area contributed by atoms with Crippen molar-refractivity contribution >= 4 is 30.1 Å². The summed E-state index contributed by atoms with van der Waals surface area (Å²) in [5, 5.41) is 6.47. The molecule has 0 saturated carbocycles. The van der Waals surface area contributed by atoms with Crippen LogP contribution in [-0.2, 0) is 27.9 Å². The van der Waals surface area contributed by atoms with Crippen LogP contribution in [0.4, 0.5) is 10.5 Å². The van der Waals surface area contributed by atoms with Crippen LogP contribution in [0.1, 0.15) is 43.4 Å². The average Bonchev–Trinajstić information content (AvgIpc) is 2.93. The van der Waals surface area contributed by atoms with E-state index in [1.54, 1.807) is 0 Å². The predicted molar refractivity (Wildman–Crippen MR) is 128 cm³/mol. The summed E-state index contributed by atoms with van der Waals surface area (Å²) in [6.07, 6.45) is 2.51. The molecule has 172 valence electrons. The van der Waals surface area contributed by atoms with Crippen LogP contribution in [-0.4, -0.2) is 37.7 Å².